The Hall–Kier alpha value is -3.41. The minimum absolute atomic E-state index is 0. The van der Waals surface area contributed by atoms with Crippen molar-refractivity contribution in [3.05, 3.63) is 76.1 Å². The molecule has 39 heavy (non-hydrogen) atoms. The van der Waals surface area contributed by atoms with Crippen LogP contribution in [0.15, 0.2) is 57.7 Å². The van der Waals surface area contributed by atoms with Crippen molar-refractivity contribution in [3.8, 4) is 5.69 Å². The molecular formula is C27H29F5N6O+. The molecule has 1 aliphatic heterocycles. The first-order chi connectivity index (χ1) is 18.5. The molecule has 7 nitrogen and oxygen atoms in total. The lowest BCUT2D eigenvalue weighted by Gasteiger charge is -2.35. The third kappa shape index (κ3) is 4.79. The molecule has 1 N–H and O–H groups in total. The lowest BCUT2D eigenvalue weighted by atomic mass is 9.71. The van der Waals surface area contributed by atoms with Crippen molar-refractivity contribution in [1.29, 1.82) is 0 Å². The van der Waals surface area contributed by atoms with Crippen LogP contribution in [0.4, 0.5) is 22.0 Å². The van der Waals surface area contributed by atoms with Gasteiger partial charge in [-0.1, -0.05) is 18.6 Å². The van der Waals surface area contributed by atoms with Gasteiger partial charge in [-0.05, 0) is 53.2 Å². The van der Waals surface area contributed by atoms with E-state index in [0.717, 1.165) is 41.5 Å². The van der Waals surface area contributed by atoms with Gasteiger partial charge in [-0.15, -0.1) is 0 Å². The molecule has 0 bridgehead atoms. The quantitative estimate of drug-likeness (QED) is 0.302. The minimum atomic E-state index is -4.72. The number of imidazole rings is 1. The van der Waals surface area contributed by atoms with Crippen LogP contribution < -0.4 is 11.0 Å². The highest BCUT2D eigenvalue weighted by atomic mass is 19.4. The van der Waals surface area contributed by atoms with E-state index in [1.54, 1.807) is 18.5 Å². The minimum Gasteiger partial charge on any atom is -0.309 e. The van der Waals surface area contributed by atoms with Crippen LogP contribution in [-0.4, -0.2) is 38.9 Å². The van der Waals surface area contributed by atoms with E-state index in [4.69, 9.17) is 0 Å². The number of likely N-dealkylation sites (N-methyl/N-ethyl adjacent to an activating group) is 1. The maximum Gasteiger partial charge on any atom is 0.418 e. The number of hydrogen-bond acceptors (Lipinski definition) is 4. The molecule has 1 aromatic carbocycles. The summed E-state index contributed by atoms with van der Waals surface area (Å²) in [5, 5.41) is 11.2. The predicted octanol–water partition coefficient (Wildman–Crippen LogP) is 5.75. The van der Waals surface area contributed by atoms with Crippen molar-refractivity contribution < 1.29 is 28.0 Å². The van der Waals surface area contributed by atoms with Crippen LogP contribution in [0.25, 0.3) is 11.2 Å². The fraction of sp³-hybridized carbons (Fsp3) is 0.444. The first kappa shape index (κ1) is 25.8. The molecule has 1 atom stereocenters. The van der Waals surface area contributed by atoms with Gasteiger partial charge in [-0.3, -0.25) is 8.97 Å². The summed E-state index contributed by atoms with van der Waals surface area (Å²) in [7, 11) is 1.87. The number of aromatic nitrogens is 2. The van der Waals surface area contributed by atoms with Gasteiger partial charge in [0.15, 0.2) is 0 Å². The van der Waals surface area contributed by atoms with Gasteiger partial charge in [0.25, 0.3) is 5.92 Å². The van der Waals surface area contributed by atoms with E-state index < -0.39 is 29.4 Å². The third-order valence-electron chi connectivity index (χ3n) is 7.97. The summed E-state index contributed by atoms with van der Waals surface area (Å²) >= 11 is 0. The molecule has 2 aromatic heterocycles. The Balaban J connectivity index is 0.00000323. The van der Waals surface area contributed by atoms with E-state index in [1.165, 1.54) is 17.0 Å². The summed E-state index contributed by atoms with van der Waals surface area (Å²) in [4.78, 5) is 13.4. The summed E-state index contributed by atoms with van der Waals surface area (Å²) in [5.74, 6) is -2.44. The van der Waals surface area contributed by atoms with Crippen LogP contribution in [0, 0.1) is 12.1 Å². The van der Waals surface area contributed by atoms with Gasteiger partial charge in [0.05, 0.1) is 34.8 Å². The molecule has 2 aliphatic carbocycles. The third-order valence-corrected chi connectivity index (χ3v) is 7.97. The number of hydrogen-bond donors (Lipinski definition) is 1. The molecule has 3 heterocycles. The van der Waals surface area contributed by atoms with Crippen LogP contribution in [0.1, 0.15) is 56.1 Å². The lowest BCUT2D eigenvalue weighted by Crippen LogP contribution is -2.48. The standard InChI is InChI=1S/C27H27F5N6O.H2/c1-36-15-34-35-24(36)23(17-4-2-5-17)18-6-3-7-20(9-18)37-14-22-21(27(30,31)32)8-16(13-38(22)25(37)39)12-33-19-10-26(28,29)11-19;/h3,6-9,13-15,17,19,23,33H,2,4-5,10-12H2,1H3;1H/q+1;/t23-;/m1./s1. The Labute approximate surface area is 222 Å². The zero-order chi connectivity index (χ0) is 27.5. The monoisotopic (exact) mass is 548 g/mol. The van der Waals surface area contributed by atoms with Gasteiger partial charge in [0.1, 0.15) is 0 Å². The van der Waals surface area contributed by atoms with Crippen LogP contribution in [0.5, 0.6) is 0 Å². The number of pyridine rings is 1. The maximum atomic E-state index is 14.1. The Morgan fingerprint density at radius 2 is 1.97 bits per heavy atom. The van der Waals surface area contributed by atoms with Gasteiger partial charge in [0, 0.05) is 39.2 Å². The summed E-state index contributed by atoms with van der Waals surface area (Å²) < 4.78 is 72.6. The van der Waals surface area contributed by atoms with E-state index in [9.17, 15) is 26.7 Å². The maximum absolute atomic E-state index is 14.1. The Morgan fingerprint density at radius 3 is 2.59 bits per heavy atom. The van der Waals surface area contributed by atoms with Crippen molar-refractivity contribution in [1.82, 2.24) is 14.3 Å². The molecule has 0 amide bonds. The molecule has 6 rings (SSSR count). The first-order valence-electron chi connectivity index (χ1n) is 12.9. The Kier molecular flexibility index (Phi) is 6.20. The first-order valence-corrected chi connectivity index (χ1v) is 12.9. The zero-order valence-corrected chi connectivity index (χ0v) is 21.1. The average molecular weight is 549 g/mol. The highest BCUT2D eigenvalue weighted by Crippen LogP contribution is 2.46. The second-order valence-corrected chi connectivity index (χ2v) is 10.7. The number of fused-ring (bicyclic) bond motifs is 1. The van der Waals surface area contributed by atoms with Crippen LogP contribution >= 0.6 is 0 Å². The van der Waals surface area contributed by atoms with Crippen molar-refractivity contribution in [3.63, 3.8) is 0 Å². The number of halogens is 5. The molecule has 0 saturated heterocycles. The van der Waals surface area contributed by atoms with Crippen molar-refractivity contribution in [2.45, 2.75) is 62.7 Å². The smallest absolute Gasteiger partial charge is 0.309 e. The summed E-state index contributed by atoms with van der Waals surface area (Å²) in [6, 6.07) is 7.73. The molecule has 12 heteroatoms. The molecule has 2 saturated carbocycles. The number of nitrogens with zero attached hydrogens (tertiary/aromatic N) is 5. The topological polar surface area (TPSA) is 66.2 Å². The van der Waals surface area contributed by atoms with E-state index in [0.29, 0.717) is 11.6 Å². The van der Waals surface area contributed by atoms with Crippen molar-refractivity contribution in [2.24, 2.45) is 16.1 Å². The van der Waals surface area contributed by atoms with Crippen molar-refractivity contribution in [2.75, 3.05) is 7.05 Å². The molecular weight excluding hydrogens is 519 g/mol. The number of azo groups is 1. The molecule has 3 aromatic rings. The SMILES string of the molecule is C[N+]1=CN=N[C]1[C@@H](c1cccc(-n2cc3c(C(F)(F)F)cc(CNC4CC(F)(F)C4)cn3c2=O)c1)C1CCC1.[HH]. The molecule has 2 fully saturated rings. The second kappa shape index (κ2) is 9.35. The van der Waals surface area contributed by atoms with Crippen LogP contribution in [0.3, 0.4) is 0 Å². The number of alkyl halides is 5. The van der Waals surface area contributed by atoms with Crippen LogP contribution in [0.2, 0.25) is 0 Å². The fourth-order valence-corrected chi connectivity index (χ4v) is 5.67. The summed E-state index contributed by atoms with van der Waals surface area (Å²) in [5.41, 5.74) is -0.347. The predicted molar refractivity (Wildman–Crippen MR) is 135 cm³/mol. The molecule has 0 spiro atoms. The van der Waals surface area contributed by atoms with Gasteiger partial charge in [-0.25, -0.2) is 18.2 Å². The van der Waals surface area contributed by atoms with Gasteiger partial charge < -0.3 is 5.32 Å². The molecule has 1 radical (unpaired) electrons. The van der Waals surface area contributed by atoms with E-state index in [-0.39, 0.29) is 37.8 Å². The van der Waals surface area contributed by atoms with Gasteiger partial charge >= 0.3 is 24.4 Å². The molecule has 207 valence electrons. The number of nitrogens with one attached hydrogen (secondary N) is 1. The Morgan fingerprint density at radius 1 is 1.21 bits per heavy atom. The number of rotatable bonds is 7. The highest BCUT2D eigenvalue weighted by Gasteiger charge is 2.45. The summed E-state index contributed by atoms with van der Waals surface area (Å²) in [6.07, 6.45) is 2.72. The van der Waals surface area contributed by atoms with Crippen molar-refractivity contribution >= 4 is 11.9 Å². The lowest BCUT2D eigenvalue weighted by molar-refractivity contribution is -0.480. The highest BCUT2D eigenvalue weighted by molar-refractivity contribution is 5.58. The zero-order valence-electron chi connectivity index (χ0n) is 21.1. The van der Waals surface area contributed by atoms with Gasteiger partial charge in [-0.2, -0.15) is 13.2 Å². The average Bonchev–Trinajstić information content (AvgIpc) is 3.40. The van der Waals surface area contributed by atoms with E-state index >= 15 is 0 Å². The largest absolute Gasteiger partial charge is 0.418 e. The summed E-state index contributed by atoms with van der Waals surface area (Å²) in [6.45, 7) is -0.0619. The Bertz CT molecular complexity index is 1530. The normalized spacial score (nSPS) is 20.7. The molecule has 0 unspecified atom stereocenters. The second-order valence-electron chi connectivity index (χ2n) is 10.7. The number of benzene rings is 1. The van der Waals surface area contributed by atoms with E-state index in [1.807, 2.05) is 23.8 Å². The van der Waals surface area contributed by atoms with Gasteiger partial charge in [0.2, 0.25) is 0 Å². The fourth-order valence-electron chi connectivity index (χ4n) is 5.67. The van der Waals surface area contributed by atoms with E-state index in [2.05, 4.69) is 15.5 Å². The molecule has 3 aliphatic rings. The van der Waals surface area contributed by atoms with Crippen LogP contribution in [-0.2, 0) is 12.7 Å².